The van der Waals surface area contributed by atoms with Crippen LogP contribution >= 0.6 is 0 Å². The fourth-order valence-corrected chi connectivity index (χ4v) is 6.71. The minimum Gasteiger partial charge on any atom is -0.493 e. The number of nitrogens with zero attached hydrogens (tertiary/aromatic N) is 3. The number of hydrogen-bond acceptors (Lipinski definition) is 5. The first-order valence-electron chi connectivity index (χ1n) is 16.0. The van der Waals surface area contributed by atoms with Crippen LogP contribution in [0, 0.1) is 12.8 Å². The van der Waals surface area contributed by atoms with E-state index in [1.807, 2.05) is 72.5 Å². The second-order valence-corrected chi connectivity index (χ2v) is 13.5. The molecule has 3 heterocycles. The van der Waals surface area contributed by atoms with E-state index in [1.165, 1.54) is 0 Å². The third-order valence-electron chi connectivity index (χ3n) is 9.02. The molecule has 1 aromatic heterocycles. The van der Waals surface area contributed by atoms with Gasteiger partial charge in [-0.15, -0.1) is 0 Å². The lowest BCUT2D eigenvalue weighted by atomic mass is 9.86. The van der Waals surface area contributed by atoms with Gasteiger partial charge in [-0.2, -0.15) is 5.10 Å². The topological polar surface area (TPSA) is 97.7 Å². The maximum Gasteiger partial charge on any atom is 0.415 e. The highest BCUT2D eigenvalue weighted by Gasteiger charge is 2.44. The van der Waals surface area contributed by atoms with Gasteiger partial charge in [-0.25, -0.2) is 14.3 Å². The molecule has 0 spiro atoms. The molecule has 6 rings (SSSR count). The molecule has 240 valence electrons. The molecule has 0 aliphatic carbocycles. The number of benzene rings is 3. The number of amides is 3. The van der Waals surface area contributed by atoms with Gasteiger partial charge in [0, 0.05) is 29.3 Å². The zero-order valence-corrected chi connectivity index (χ0v) is 27.2. The summed E-state index contributed by atoms with van der Waals surface area (Å²) < 4.78 is 12.9. The van der Waals surface area contributed by atoms with Gasteiger partial charge < -0.3 is 19.7 Å². The molecule has 2 N–H and O–H groups in total. The quantitative estimate of drug-likeness (QED) is 0.217. The molecule has 2 aliphatic heterocycles. The number of nitrogens with one attached hydrogen (secondary N) is 2. The van der Waals surface area contributed by atoms with Crippen molar-refractivity contribution in [3.63, 3.8) is 0 Å². The predicted molar refractivity (Wildman–Crippen MR) is 180 cm³/mol. The molecule has 2 aliphatic rings. The Bertz CT molecular complexity index is 1690. The monoisotopic (exact) mass is 621 g/mol. The molecule has 0 radical (unpaired) electrons. The molecule has 9 nitrogen and oxygen atoms in total. The highest BCUT2D eigenvalue weighted by molar-refractivity contribution is 5.99. The molecular weight excluding hydrogens is 578 g/mol. The summed E-state index contributed by atoms with van der Waals surface area (Å²) in [6, 6.07) is 25.3. The van der Waals surface area contributed by atoms with Gasteiger partial charge in [-0.05, 0) is 86.9 Å². The van der Waals surface area contributed by atoms with Crippen molar-refractivity contribution in [1.82, 2.24) is 14.7 Å². The second kappa shape index (κ2) is 12.9. The van der Waals surface area contributed by atoms with Crippen molar-refractivity contribution < 1.29 is 19.1 Å². The Balaban J connectivity index is 1.09. The normalized spacial score (nSPS) is 19.1. The van der Waals surface area contributed by atoms with Crippen LogP contribution in [0.5, 0.6) is 11.5 Å². The smallest absolute Gasteiger partial charge is 0.415 e. The number of aryl methyl sites for hydroxylation is 1. The van der Waals surface area contributed by atoms with E-state index in [2.05, 4.69) is 37.5 Å². The minimum absolute atomic E-state index is 0.161. The largest absolute Gasteiger partial charge is 0.493 e. The fraction of sp³-hybridized carbons (Fsp3) is 0.378. The van der Waals surface area contributed by atoms with Crippen LogP contribution < -0.4 is 20.1 Å². The third-order valence-corrected chi connectivity index (χ3v) is 9.02. The van der Waals surface area contributed by atoms with Crippen LogP contribution in [0.25, 0.3) is 5.69 Å². The summed E-state index contributed by atoms with van der Waals surface area (Å²) in [5, 5.41) is 10.9. The number of carbonyl (C=O) groups is 2. The molecule has 2 bridgehead atoms. The molecule has 4 aromatic rings. The Hall–Kier alpha value is -4.79. The van der Waals surface area contributed by atoms with Gasteiger partial charge in [0.2, 0.25) is 0 Å². The van der Waals surface area contributed by atoms with Gasteiger partial charge in [0.05, 0.1) is 18.5 Å². The molecule has 3 amide bonds. The Kier molecular flexibility index (Phi) is 8.75. The van der Waals surface area contributed by atoms with Crippen molar-refractivity contribution in [3.05, 3.63) is 95.7 Å². The Morgan fingerprint density at radius 2 is 1.59 bits per heavy atom. The van der Waals surface area contributed by atoms with Crippen molar-refractivity contribution in [2.75, 3.05) is 17.7 Å². The van der Waals surface area contributed by atoms with Gasteiger partial charge in [0.15, 0.2) is 11.5 Å². The third kappa shape index (κ3) is 6.88. The van der Waals surface area contributed by atoms with Crippen LogP contribution in [0.2, 0.25) is 0 Å². The SMILES string of the molecule is COc1ccccc1OC(=O)N1C2CCC1CC(Cc1cccc(NC(=O)Nc3cc(C(C)(C)C)nn3-c3ccc(C)cc3)c1)C2. The zero-order valence-electron chi connectivity index (χ0n) is 27.2. The number of methoxy groups -OCH3 is 1. The van der Waals surface area contributed by atoms with Gasteiger partial charge in [0.1, 0.15) is 5.82 Å². The molecule has 2 unspecified atom stereocenters. The number of carbonyl (C=O) groups excluding carboxylic acids is 2. The first-order valence-corrected chi connectivity index (χ1v) is 16.0. The summed E-state index contributed by atoms with van der Waals surface area (Å²) in [6.07, 6.45) is 4.41. The number of rotatable bonds is 7. The highest BCUT2D eigenvalue weighted by Crippen LogP contribution is 2.41. The predicted octanol–water partition coefficient (Wildman–Crippen LogP) is 8.12. The Morgan fingerprint density at radius 1 is 0.891 bits per heavy atom. The molecule has 3 aromatic carbocycles. The molecule has 46 heavy (non-hydrogen) atoms. The summed E-state index contributed by atoms with van der Waals surface area (Å²) in [5.74, 6) is 2.04. The lowest BCUT2D eigenvalue weighted by Gasteiger charge is -2.38. The second-order valence-electron chi connectivity index (χ2n) is 13.5. The average Bonchev–Trinajstić information content (AvgIpc) is 3.56. The van der Waals surface area contributed by atoms with Gasteiger partial charge >= 0.3 is 12.1 Å². The Morgan fingerprint density at radius 3 is 2.26 bits per heavy atom. The molecule has 9 heteroatoms. The maximum atomic E-state index is 13.2. The van der Waals surface area contributed by atoms with E-state index in [9.17, 15) is 9.59 Å². The number of para-hydroxylation sites is 2. The van der Waals surface area contributed by atoms with Gasteiger partial charge in [0.25, 0.3) is 0 Å². The van der Waals surface area contributed by atoms with Crippen molar-refractivity contribution in [1.29, 1.82) is 0 Å². The van der Waals surface area contributed by atoms with Crippen molar-refractivity contribution in [2.45, 2.75) is 77.3 Å². The zero-order chi connectivity index (χ0) is 32.4. The van der Waals surface area contributed by atoms with E-state index >= 15 is 0 Å². The van der Waals surface area contributed by atoms with Crippen LogP contribution in [-0.4, -0.2) is 46.0 Å². The fourth-order valence-electron chi connectivity index (χ4n) is 6.71. The summed E-state index contributed by atoms with van der Waals surface area (Å²) in [4.78, 5) is 28.4. The minimum atomic E-state index is -0.328. The van der Waals surface area contributed by atoms with E-state index in [0.29, 0.717) is 23.2 Å². The Labute approximate surface area is 270 Å². The van der Waals surface area contributed by atoms with Crippen LogP contribution in [0.4, 0.5) is 21.1 Å². The van der Waals surface area contributed by atoms with E-state index in [-0.39, 0.29) is 29.6 Å². The molecule has 2 fully saturated rings. The van der Waals surface area contributed by atoms with E-state index in [1.54, 1.807) is 23.9 Å². The van der Waals surface area contributed by atoms with E-state index in [0.717, 1.165) is 60.3 Å². The number of urea groups is 1. The number of fused-ring (bicyclic) bond motifs is 2. The van der Waals surface area contributed by atoms with Crippen molar-refractivity contribution in [2.24, 2.45) is 5.92 Å². The number of aromatic nitrogens is 2. The number of hydrogen-bond donors (Lipinski definition) is 2. The molecule has 0 saturated carbocycles. The molecule has 2 atom stereocenters. The van der Waals surface area contributed by atoms with Crippen LogP contribution in [0.1, 0.15) is 63.3 Å². The summed E-state index contributed by atoms with van der Waals surface area (Å²) in [7, 11) is 1.57. The first-order chi connectivity index (χ1) is 22.1. The molecule has 2 saturated heterocycles. The molecular formula is C37H43N5O4. The summed E-state index contributed by atoms with van der Waals surface area (Å²) in [6.45, 7) is 8.36. The van der Waals surface area contributed by atoms with E-state index < -0.39 is 0 Å². The number of anilines is 2. The maximum absolute atomic E-state index is 13.2. The number of ether oxygens (including phenoxy) is 2. The van der Waals surface area contributed by atoms with Gasteiger partial charge in [-0.1, -0.05) is 62.7 Å². The number of piperidine rings is 1. The lowest BCUT2D eigenvalue weighted by Crippen LogP contribution is -2.48. The summed E-state index contributed by atoms with van der Waals surface area (Å²) in [5.41, 5.74) is 4.64. The first kappa shape index (κ1) is 31.2. The van der Waals surface area contributed by atoms with E-state index in [4.69, 9.17) is 14.6 Å². The lowest BCUT2D eigenvalue weighted by molar-refractivity contribution is 0.0895. The van der Waals surface area contributed by atoms with Crippen molar-refractivity contribution in [3.8, 4) is 17.2 Å². The van der Waals surface area contributed by atoms with Crippen LogP contribution in [0.15, 0.2) is 78.9 Å². The highest BCUT2D eigenvalue weighted by atomic mass is 16.6. The summed E-state index contributed by atoms with van der Waals surface area (Å²) >= 11 is 0. The van der Waals surface area contributed by atoms with Crippen molar-refractivity contribution >= 4 is 23.6 Å². The van der Waals surface area contributed by atoms with Crippen LogP contribution in [0.3, 0.4) is 0 Å². The van der Waals surface area contributed by atoms with Gasteiger partial charge in [-0.3, -0.25) is 5.32 Å². The standard InChI is InChI=1S/C37H43N5O4/c1-24-13-15-28(16-14-24)42-34(23-33(40-42)37(2,3)4)39-35(43)38-27-10-8-9-25(20-27)19-26-21-29-17-18-30(22-26)41(29)36(44)46-32-12-7-6-11-31(32)45-5/h6-16,20,23,26,29-30H,17-19,21-22H2,1-5H3,(H2,38,39,43). The average molecular weight is 622 g/mol. The van der Waals surface area contributed by atoms with Crippen LogP contribution in [-0.2, 0) is 11.8 Å².